The number of nitrogens with zero attached hydrogens (tertiary/aromatic N) is 4. The summed E-state index contributed by atoms with van der Waals surface area (Å²) in [4.78, 5) is 31.5. The minimum atomic E-state index is -1.15. The van der Waals surface area contributed by atoms with Crippen molar-refractivity contribution in [3.63, 3.8) is 0 Å². The summed E-state index contributed by atoms with van der Waals surface area (Å²) in [6.45, 7) is 1.84. The first-order valence-corrected chi connectivity index (χ1v) is 10.7. The van der Waals surface area contributed by atoms with E-state index in [1.165, 1.54) is 0 Å². The van der Waals surface area contributed by atoms with Gasteiger partial charge in [-0.15, -0.1) is 0 Å². The minimum Gasteiger partial charge on any atom is -0.325 e. The summed E-state index contributed by atoms with van der Waals surface area (Å²) < 4.78 is 13.7. The van der Waals surface area contributed by atoms with Crippen LogP contribution in [-0.2, 0) is 4.79 Å². The van der Waals surface area contributed by atoms with Crippen LogP contribution < -0.4 is 10.6 Å². The van der Waals surface area contributed by atoms with Gasteiger partial charge in [0.1, 0.15) is 11.4 Å². The number of hydrogen-bond acceptors (Lipinski definition) is 7. The van der Waals surface area contributed by atoms with Crippen LogP contribution >= 0.6 is 0 Å². The van der Waals surface area contributed by atoms with Gasteiger partial charge in [0.25, 0.3) is 0 Å². The van der Waals surface area contributed by atoms with E-state index >= 15 is 0 Å². The van der Waals surface area contributed by atoms with Crippen LogP contribution in [0.5, 0.6) is 0 Å². The highest BCUT2D eigenvalue weighted by Gasteiger charge is 2.42. The van der Waals surface area contributed by atoms with Crippen molar-refractivity contribution in [3.05, 3.63) is 54.2 Å². The number of carbonyl (C=O) groups is 2. The number of amides is 1. The fraction of sp³-hybridized carbons (Fsp3) is 0.333. The molecule has 172 valence electrons. The molecule has 33 heavy (non-hydrogen) atoms. The van der Waals surface area contributed by atoms with E-state index < -0.39 is 5.67 Å². The average molecular weight is 451 g/mol. The molecule has 0 bridgehead atoms. The zero-order chi connectivity index (χ0) is 23.8. The molecule has 0 aliphatic heterocycles. The number of alkyl halides is 1. The maximum absolute atomic E-state index is 13.7. The lowest BCUT2D eigenvalue weighted by molar-refractivity contribution is -0.116. The number of anilines is 1. The number of aryl methyl sites for hydroxylation is 1. The van der Waals surface area contributed by atoms with E-state index in [9.17, 15) is 14.0 Å². The number of hydrogen-bond donors (Lipinski definition) is 2. The molecule has 3 aromatic rings. The summed E-state index contributed by atoms with van der Waals surface area (Å²) in [5, 5.41) is 13.8. The van der Waals surface area contributed by atoms with Crippen molar-refractivity contribution in [2.24, 2.45) is 0 Å². The molecule has 2 N–H and O–H groups in total. The molecule has 0 aromatic carbocycles. The second-order valence-electron chi connectivity index (χ2n) is 7.97. The van der Waals surface area contributed by atoms with E-state index in [1.54, 1.807) is 36.8 Å². The third-order valence-corrected chi connectivity index (χ3v) is 5.13. The largest absolute Gasteiger partial charge is 0.325 e. The second kappa shape index (κ2) is 10.8. The number of carbonyl (C=O) groups excluding carboxylic acids is 2. The molecule has 8 nitrogen and oxygen atoms in total. The summed E-state index contributed by atoms with van der Waals surface area (Å²) in [5.41, 5.74) is 3.29. The zero-order valence-corrected chi connectivity index (χ0v) is 18.9. The molecule has 3 heterocycles. The van der Waals surface area contributed by atoms with Gasteiger partial charge in [-0.25, -0.2) is 4.39 Å². The lowest BCUT2D eigenvalue weighted by atomic mass is 10.0. The summed E-state index contributed by atoms with van der Waals surface area (Å²) in [7, 11) is 3.75. The van der Waals surface area contributed by atoms with Crippen molar-refractivity contribution in [3.8, 4) is 22.4 Å². The Balaban J connectivity index is 0.000000968. The molecule has 1 aliphatic rings. The first-order valence-electron chi connectivity index (χ1n) is 10.7. The minimum absolute atomic E-state index is 0.135. The molecule has 1 fully saturated rings. The highest BCUT2D eigenvalue weighted by Crippen LogP contribution is 2.43. The van der Waals surface area contributed by atoms with Crippen LogP contribution in [0.3, 0.4) is 0 Å². The van der Waals surface area contributed by atoms with Crippen LogP contribution in [-0.4, -0.2) is 52.1 Å². The fourth-order valence-electron chi connectivity index (χ4n) is 3.16. The van der Waals surface area contributed by atoms with Crippen LogP contribution in [0, 0.1) is 6.92 Å². The molecule has 0 saturated heterocycles. The SMILES string of the molecule is CNC.Cc1ncc(NC(=O)CCC2(F)CC2)cc1-c1cc(-c2ccnc(C=O)c2)cnn1. The summed E-state index contributed by atoms with van der Waals surface area (Å²) in [6.07, 6.45) is 6.87. The van der Waals surface area contributed by atoms with Crippen molar-refractivity contribution < 1.29 is 14.0 Å². The van der Waals surface area contributed by atoms with Gasteiger partial charge in [0.2, 0.25) is 5.91 Å². The number of aldehydes is 1. The maximum Gasteiger partial charge on any atom is 0.224 e. The van der Waals surface area contributed by atoms with E-state index in [0.29, 0.717) is 36.2 Å². The second-order valence-corrected chi connectivity index (χ2v) is 7.97. The Morgan fingerprint density at radius 3 is 2.61 bits per heavy atom. The molecule has 0 radical (unpaired) electrons. The lowest BCUT2D eigenvalue weighted by Gasteiger charge is -2.10. The lowest BCUT2D eigenvalue weighted by Crippen LogP contribution is -2.14. The Kier molecular flexibility index (Phi) is 7.89. The molecular formula is C24H27FN6O2. The van der Waals surface area contributed by atoms with Gasteiger partial charge in [0.15, 0.2) is 6.29 Å². The quantitative estimate of drug-likeness (QED) is 0.527. The van der Waals surface area contributed by atoms with E-state index in [4.69, 9.17) is 0 Å². The van der Waals surface area contributed by atoms with Crippen LogP contribution in [0.2, 0.25) is 0 Å². The molecule has 0 unspecified atom stereocenters. The van der Waals surface area contributed by atoms with E-state index in [-0.39, 0.29) is 18.7 Å². The Morgan fingerprint density at radius 2 is 1.91 bits per heavy atom. The van der Waals surface area contributed by atoms with Crippen molar-refractivity contribution in [1.29, 1.82) is 0 Å². The molecule has 3 aromatic heterocycles. The Bertz CT molecular complexity index is 1130. The zero-order valence-electron chi connectivity index (χ0n) is 18.9. The smallest absolute Gasteiger partial charge is 0.224 e. The van der Waals surface area contributed by atoms with E-state index in [0.717, 1.165) is 22.4 Å². The van der Waals surface area contributed by atoms with Gasteiger partial charge in [0, 0.05) is 29.4 Å². The van der Waals surface area contributed by atoms with Crippen molar-refractivity contribution in [2.75, 3.05) is 19.4 Å². The van der Waals surface area contributed by atoms with E-state index in [1.807, 2.05) is 27.1 Å². The van der Waals surface area contributed by atoms with Gasteiger partial charge in [-0.2, -0.15) is 10.2 Å². The van der Waals surface area contributed by atoms with Crippen LogP contribution in [0.25, 0.3) is 22.4 Å². The monoisotopic (exact) mass is 450 g/mol. The molecule has 9 heteroatoms. The standard InChI is InChI=1S/C22H20FN5O2.C2H7N/c1-14-19(10-17(12-25-14)27-21(30)2-4-22(23)5-6-22)20-9-16(11-26-28-20)15-3-7-24-18(8-15)13-29;1-3-2/h3,7-13H,2,4-6H2,1H3,(H,27,30);3H,1-2H3. The van der Waals surface area contributed by atoms with Crippen molar-refractivity contribution in [2.45, 2.75) is 38.3 Å². The Morgan fingerprint density at radius 1 is 1.15 bits per heavy atom. The number of pyridine rings is 2. The van der Waals surface area contributed by atoms with Gasteiger partial charge >= 0.3 is 0 Å². The Labute approximate surface area is 192 Å². The van der Waals surface area contributed by atoms with Gasteiger partial charge < -0.3 is 10.6 Å². The van der Waals surface area contributed by atoms with Crippen LogP contribution in [0.1, 0.15) is 41.9 Å². The Hall–Kier alpha value is -3.59. The molecule has 1 amide bonds. The van der Waals surface area contributed by atoms with Crippen LogP contribution in [0.4, 0.5) is 10.1 Å². The summed E-state index contributed by atoms with van der Waals surface area (Å²) in [5.74, 6) is -0.242. The molecule has 1 aliphatic carbocycles. The number of rotatable bonds is 7. The highest BCUT2D eigenvalue weighted by atomic mass is 19.1. The average Bonchev–Trinajstić information content (AvgIpc) is 3.57. The molecule has 0 spiro atoms. The van der Waals surface area contributed by atoms with Gasteiger partial charge in [-0.1, -0.05) is 0 Å². The molecule has 1 saturated carbocycles. The van der Waals surface area contributed by atoms with Crippen LogP contribution in [0.15, 0.2) is 42.9 Å². The summed E-state index contributed by atoms with van der Waals surface area (Å²) >= 11 is 0. The first kappa shape index (κ1) is 24.1. The van der Waals surface area contributed by atoms with Gasteiger partial charge in [-0.3, -0.25) is 19.6 Å². The normalized spacial score (nSPS) is 13.5. The maximum atomic E-state index is 13.7. The molecule has 4 rings (SSSR count). The first-order chi connectivity index (χ1) is 15.9. The number of nitrogens with one attached hydrogen (secondary N) is 2. The van der Waals surface area contributed by atoms with Crippen molar-refractivity contribution >= 4 is 17.9 Å². The predicted octanol–water partition coefficient (Wildman–Crippen LogP) is 3.78. The summed E-state index contributed by atoms with van der Waals surface area (Å²) in [6, 6.07) is 7.08. The number of halogens is 1. The third-order valence-electron chi connectivity index (χ3n) is 5.13. The van der Waals surface area contributed by atoms with Crippen molar-refractivity contribution in [1.82, 2.24) is 25.5 Å². The van der Waals surface area contributed by atoms with E-state index in [2.05, 4.69) is 30.8 Å². The molecule has 0 atom stereocenters. The highest BCUT2D eigenvalue weighted by molar-refractivity contribution is 5.91. The van der Waals surface area contributed by atoms with Gasteiger partial charge in [0.05, 0.1) is 23.8 Å². The predicted molar refractivity (Wildman–Crippen MR) is 125 cm³/mol. The van der Waals surface area contributed by atoms with Gasteiger partial charge in [-0.05, 0) is 70.1 Å². The molecular weight excluding hydrogens is 423 g/mol. The number of aromatic nitrogens is 4. The fourth-order valence-corrected chi connectivity index (χ4v) is 3.16. The topological polar surface area (TPSA) is 110 Å². The third kappa shape index (κ3) is 6.69.